The highest BCUT2D eigenvalue weighted by Crippen LogP contribution is 2.28. The molecule has 0 saturated heterocycles. The summed E-state index contributed by atoms with van der Waals surface area (Å²) in [5.41, 5.74) is 7.03. The van der Waals surface area contributed by atoms with Crippen LogP contribution >= 0.6 is 0 Å². The lowest BCUT2D eigenvalue weighted by atomic mass is 9.90. The molecule has 3 N–H and O–H groups in total. The summed E-state index contributed by atoms with van der Waals surface area (Å²) in [6, 6.07) is 4.53. The van der Waals surface area contributed by atoms with Gasteiger partial charge >= 0.3 is 0 Å². The highest BCUT2D eigenvalue weighted by atomic mass is 19.1. The molecule has 16 heavy (non-hydrogen) atoms. The van der Waals surface area contributed by atoms with Crippen LogP contribution < -0.4 is 11.1 Å². The van der Waals surface area contributed by atoms with Gasteiger partial charge in [-0.3, -0.25) is 4.79 Å². The van der Waals surface area contributed by atoms with E-state index in [1.807, 2.05) is 0 Å². The molecule has 1 aromatic rings. The normalized spacial score (nSPS) is 19.1. The van der Waals surface area contributed by atoms with Gasteiger partial charge in [0.2, 0.25) is 5.91 Å². The first-order valence-corrected chi connectivity index (χ1v) is 5.50. The molecule has 1 atom stereocenters. The number of anilines is 1. The van der Waals surface area contributed by atoms with Crippen LogP contribution in [0.4, 0.5) is 10.1 Å². The number of hydrogen-bond acceptors (Lipinski definition) is 2. The van der Waals surface area contributed by atoms with Crippen molar-refractivity contribution in [2.24, 2.45) is 11.7 Å². The summed E-state index contributed by atoms with van der Waals surface area (Å²) in [6.45, 7) is 0.597. The summed E-state index contributed by atoms with van der Waals surface area (Å²) in [5.74, 6) is -0.368. The van der Waals surface area contributed by atoms with Gasteiger partial charge in [-0.05, 0) is 43.5 Å². The lowest BCUT2D eigenvalue weighted by Crippen LogP contribution is -2.30. The van der Waals surface area contributed by atoms with Crippen LogP contribution in [-0.2, 0) is 11.2 Å². The number of carbonyl (C=O) groups excluding carboxylic acids is 1. The van der Waals surface area contributed by atoms with E-state index in [0.29, 0.717) is 18.7 Å². The first kappa shape index (κ1) is 11.1. The molecule has 0 bridgehead atoms. The van der Waals surface area contributed by atoms with Gasteiger partial charge in [-0.1, -0.05) is 6.07 Å². The molecule has 3 nitrogen and oxygen atoms in total. The van der Waals surface area contributed by atoms with Crippen LogP contribution in [0.3, 0.4) is 0 Å². The number of carbonyl (C=O) groups is 1. The summed E-state index contributed by atoms with van der Waals surface area (Å²) in [6.07, 6.45) is 2.31. The zero-order valence-electron chi connectivity index (χ0n) is 9.00. The number of nitrogens with one attached hydrogen (secondary N) is 1. The van der Waals surface area contributed by atoms with Gasteiger partial charge in [0.05, 0.1) is 0 Å². The second-order valence-electron chi connectivity index (χ2n) is 4.12. The van der Waals surface area contributed by atoms with Crippen molar-refractivity contribution in [3.05, 3.63) is 29.6 Å². The van der Waals surface area contributed by atoms with Gasteiger partial charge in [0, 0.05) is 11.6 Å². The maximum absolute atomic E-state index is 13.0. The first-order valence-electron chi connectivity index (χ1n) is 5.50. The fraction of sp³-hybridized carbons (Fsp3) is 0.417. The van der Waals surface area contributed by atoms with Crippen LogP contribution in [0, 0.1) is 11.7 Å². The van der Waals surface area contributed by atoms with Crippen LogP contribution in [0.25, 0.3) is 0 Å². The zero-order chi connectivity index (χ0) is 11.5. The minimum absolute atomic E-state index is 0.0217. The van der Waals surface area contributed by atoms with E-state index in [9.17, 15) is 9.18 Å². The molecule has 4 heteroatoms. The smallest absolute Gasteiger partial charge is 0.227 e. The van der Waals surface area contributed by atoms with E-state index in [1.165, 1.54) is 12.1 Å². The van der Waals surface area contributed by atoms with Gasteiger partial charge in [-0.2, -0.15) is 0 Å². The van der Waals surface area contributed by atoms with Crippen LogP contribution in [-0.4, -0.2) is 12.5 Å². The van der Waals surface area contributed by atoms with Gasteiger partial charge in [0.1, 0.15) is 5.82 Å². The second kappa shape index (κ2) is 4.61. The fourth-order valence-electron chi connectivity index (χ4n) is 2.03. The fourth-order valence-corrected chi connectivity index (χ4v) is 2.03. The molecule has 1 aliphatic rings. The summed E-state index contributed by atoms with van der Waals surface area (Å²) < 4.78 is 13.0. The van der Waals surface area contributed by atoms with Crippen molar-refractivity contribution in [1.82, 2.24) is 0 Å². The topological polar surface area (TPSA) is 55.1 Å². The van der Waals surface area contributed by atoms with E-state index >= 15 is 0 Å². The van der Waals surface area contributed by atoms with Crippen molar-refractivity contribution in [1.29, 1.82) is 0 Å². The molecule has 0 spiro atoms. The molecule has 1 amide bonds. The molecule has 2 rings (SSSR count). The Morgan fingerprint density at radius 2 is 2.31 bits per heavy atom. The lowest BCUT2D eigenvalue weighted by Gasteiger charge is -2.24. The standard InChI is InChI=1S/C12H15FN2O/c13-10-4-3-8-6-9(2-1-5-14)12(16)15-11(8)7-10/h3-4,7,9H,1-2,5-6,14H2,(H,15,16). The number of amides is 1. The second-order valence-corrected chi connectivity index (χ2v) is 4.12. The third-order valence-electron chi connectivity index (χ3n) is 2.92. The largest absolute Gasteiger partial charge is 0.330 e. The Morgan fingerprint density at radius 3 is 3.06 bits per heavy atom. The Bertz CT molecular complexity index is 406. The zero-order valence-corrected chi connectivity index (χ0v) is 9.00. The van der Waals surface area contributed by atoms with Gasteiger partial charge in [-0.25, -0.2) is 4.39 Å². The van der Waals surface area contributed by atoms with E-state index in [1.54, 1.807) is 6.07 Å². The summed E-state index contributed by atoms with van der Waals surface area (Å²) >= 11 is 0. The third-order valence-corrected chi connectivity index (χ3v) is 2.92. The van der Waals surface area contributed by atoms with Crippen LogP contribution in [0.15, 0.2) is 18.2 Å². The van der Waals surface area contributed by atoms with E-state index in [4.69, 9.17) is 5.73 Å². The van der Waals surface area contributed by atoms with Crippen molar-refractivity contribution in [3.8, 4) is 0 Å². The molecular weight excluding hydrogens is 207 g/mol. The number of hydrogen-bond donors (Lipinski definition) is 2. The van der Waals surface area contributed by atoms with E-state index in [0.717, 1.165) is 18.4 Å². The third kappa shape index (κ3) is 2.22. The SMILES string of the molecule is NCCCC1Cc2ccc(F)cc2NC1=O. The summed E-state index contributed by atoms with van der Waals surface area (Å²) in [7, 11) is 0. The Morgan fingerprint density at radius 1 is 1.50 bits per heavy atom. The number of benzene rings is 1. The monoisotopic (exact) mass is 222 g/mol. The van der Waals surface area contributed by atoms with Crippen molar-refractivity contribution < 1.29 is 9.18 Å². The molecular formula is C12H15FN2O. The molecule has 1 aromatic carbocycles. The van der Waals surface area contributed by atoms with Gasteiger partial charge in [-0.15, -0.1) is 0 Å². The average molecular weight is 222 g/mol. The van der Waals surface area contributed by atoms with Crippen LogP contribution in [0.2, 0.25) is 0 Å². The minimum Gasteiger partial charge on any atom is -0.330 e. The molecule has 0 aliphatic carbocycles. The van der Waals surface area contributed by atoms with Gasteiger partial charge < -0.3 is 11.1 Å². The molecule has 1 heterocycles. The van der Waals surface area contributed by atoms with Crippen molar-refractivity contribution in [2.45, 2.75) is 19.3 Å². The van der Waals surface area contributed by atoms with Crippen LogP contribution in [0.5, 0.6) is 0 Å². The van der Waals surface area contributed by atoms with E-state index < -0.39 is 0 Å². The first-order chi connectivity index (χ1) is 7.70. The quantitative estimate of drug-likeness (QED) is 0.817. The Balaban J connectivity index is 2.15. The molecule has 0 aromatic heterocycles. The Labute approximate surface area is 93.8 Å². The predicted molar refractivity (Wildman–Crippen MR) is 60.5 cm³/mol. The maximum Gasteiger partial charge on any atom is 0.227 e. The van der Waals surface area contributed by atoms with Crippen molar-refractivity contribution in [3.63, 3.8) is 0 Å². The van der Waals surface area contributed by atoms with Crippen molar-refractivity contribution in [2.75, 3.05) is 11.9 Å². The number of fused-ring (bicyclic) bond motifs is 1. The number of rotatable bonds is 3. The molecule has 1 aliphatic heterocycles. The minimum atomic E-state index is -0.320. The predicted octanol–water partition coefficient (Wildman–Crippen LogP) is 1.68. The van der Waals surface area contributed by atoms with E-state index in [-0.39, 0.29) is 17.6 Å². The molecule has 86 valence electrons. The van der Waals surface area contributed by atoms with Gasteiger partial charge in [0.25, 0.3) is 0 Å². The summed E-state index contributed by atoms with van der Waals surface area (Å²) in [5, 5.41) is 2.74. The molecule has 0 fully saturated rings. The molecule has 0 radical (unpaired) electrons. The lowest BCUT2D eigenvalue weighted by molar-refractivity contribution is -0.120. The Kier molecular flexibility index (Phi) is 3.19. The number of nitrogens with two attached hydrogens (primary N) is 1. The highest BCUT2D eigenvalue weighted by Gasteiger charge is 2.25. The highest BCUT2D eigenvalue weighted by molar-refractivity contribution is 5.95. The van der Waals surface area contributed by atoms with E-state index in [2.05, 4.69) is 5.32 Å². The van der Waals surface area contributed by atoms with Crippen molar-refractivity contribution >= 4 is 11.6 Å². The van der Waals surface area contributed by atoms with Gasteiger partial charge in [0.15, 0.2) is 0 Å². The van der Waals surface area contributed by atoms with Crippen LogP contribution in [0.1, 0.15) is 18.4 Å². The Hall–Kier alpha value is -1.42. The maximum atomic E-state index is 13.0. The number of halogens is 1. The average Bonchev–Trinajstić information content (AvgIpc) is 2.26. The molecule has 1 unspecified atom stereocenters. The molecule has 0 saturated carbocycles. The summed E-state index contributed by atoms with van der Waals surface area (Å²) in [4.78, 5) is 11.7.